The largest absolute Gasteiger partial charge is 0.356 e. The van der Waals surface area contributed by atoms with E-state index in [0.29, 0.717) is 6.54 Å². The molecule has 3 nitrogen and oxygen atoms in total. The molecule has 0 saturated heterocycles. The number of H-pyrrole nitrogens is 1. The van der Waals surface area contributed by atoms with Crippen molar-refractivity contribution in [3.63, 3.8) is 0 Å². The summed E-state index contributed by atoms with van der Waals surface area (Å²) in [6, 6.07) is 18.4. The van der Waals surface area contributed by atoms with E-state index in [1.165, 1.54) is 16.0 Å². The highest BCUT2D eigenvalue weighted by Crippen LogP contribution is 2.37. The first-order valence-corrected chi connectivity index (χ1v) is 6.94. The molecule has 0 radical (unpaired) electrons. The van der Waals surface area contributed by atoms with Crippen molar-refractivity contribution in [2.24, 2.45) is 0 Å². The van der Waals surface area contributed by atoms with Crippen LogP contribution in [0, 0.1) is 0 Å². The van der Waals surface area contributed by atoms with Crippen molar-refractivity contribution in [1.29, 1.82) is 0 Å². The summed E-state index contributed by atoms with van der Waals surface area (Å²) in [4.78, 5) is 3.49. The SMILES string of the molecule is ON1CCc2c([nH]c3ccccc23)C1c1ccccc1. The number of rotatable bonds is 1. The zero-order valence-corrected chi connectivity index (χ0v) is 11.1. The van der Waals surface area contributed by atoms with Gasteiger partial charge in [0.1, 0.15) is 6.04 Å². The van der Waals surface area contributed by atoms with Crippen LogP contribution in [-0.4, -0.2) is 21.8 Å². The Morgan fingerprint density at radius 3 is 2.60 bits per heavy atom. The van der Waals surface area contributed by atoms with Gasteiger partial charge in [0.05, 0.1) is 0 Å². The lowest BCUT2D eigenvalue weighted by Crippen LogP contribution is -2.33. The van der Waals surface area contributed by atoms with Crippen molar-refractivity contribution in [3.8, 4) is 0 Å². The van der Waals surface area contributed by atoms with Gasteiger partial charge in [-0.2, -0.15) is 5.06 Å². The van der Waals surface area contributed by atoms with E-state index < -0.39 is 0 Å². The second-order valence-electron chi connectivity index (χ2n) is 5.29. The Balaban J connectivity index is 1.94. The van der Waals surface area contributed by atoms with Crippen molar-refractivity contribution < 1.29 is 5.21 Å². The molecule has 3 heteroatoms. The summed E-state index contributed by atoms with van der Waals surface area (Å²) in [5.41, 5.74) is 4.71. The molecular weight excluding hydrogens is 248 g/mol. The second-order valence-corrected chi connectivity index (χ2v) is 5.29. The molecule has 3 aromatic rings. The third-order valence-corrected chi connectivity index (χ3v) is 4.12. The lowest BCUT2D eigenvalue weighted by molar-refractivity contribution is -0.122. The van der Waals surface area contributed by atoms with Crippen LogP contribution in [-0.2, 0) is 6.42 Å². The van der Waals surface area contributed by atoms with Crippen molar-refractivity contribution >= 4 is 10.9 Å². The molecule has 1 aromatic heterocycles. The van der Waals surface area contributed by atoms with Crippen LogP contribution in [0.25, 0.3) is 10.9 Å². The average Bonchev–Trinajstić information content (AvgIpc) is 2.86. The molecule has 2 N–H and O–H groups in total. The fourth-order valence-corrected chi connectivity index (χ4v) is 3.20. The van der Waals surface area contributed by atoms with Gasteiger partial charge in [0.2, 0.25) is 0 Å². The molecule has 1 unspecified atom stereocenters. The number of benzene rings is 2. The zero-order valence-electron chi connectivity index (χ0n) is 11.1. The summed E-state index contributed by atoms with van der Waals surface area (Å²) in [5, 5.41) is 13.0. The fraction of sp³-hybridized carbons (Fsp3) is 0.176. The lowest BCUT2D eigenvalue weighted by atomic mass is 9.94. The van der Waals surface area contributed by atoms with Crippen molar-refractivity contribution in [3.05, 3.63) is 71.4 Å². The molecule has 0 amide bonds. The van der Waals surface area contributed by atoms with E-state index in [0.717, 1.165) is 23.2 Å². The van der Waals surface area contributed by atoms with E-state index in [1.807, 2.05) is 24.3 Å². The molecule has 0 aliphatic carbocycles. The van der Waals surface area contributed by atoms with E-state index in [2.05, 4.69) is 35.3 Å². The molecule has 100 valence electrons. The predicted molar refractivity (Wildman–Crippen MR) is 78.8 cm³/mol. The minimum Gasteiger partial charge on any atom is -0.356 e. The summed E-state index contributed by atoms with van der Waals surface area (Å²) < 4.78 is 0. The van der Waals surface area contributed by atoms with Gasteiger partial charge >= 0.3 is 0 Å². The Bertz CT molecular complexity index is 748. The molecule has 2 aromatic carbocycles. The van der Waals surface area contributed by atoms with Crippen LogP contribution in [0.5, 0.6) is 0 Å². The quantitative estimate of drug-likeness (QED) is 0.706. The van der Waals surface area contributed by atoms with Crippen molar-refractivity contribution in [2.75, 3.05) is 6.54 Å². The Kier molecular flexibility index (Phi) is 2.62. The van der Waals surface area contributed by atoms with E-state index in [1.54, 1.807) is 0 Å². The maximum Gasteiger partial charge on any atom is 0.100 e. The molecule has 1 aliphatic heterocycles. The van der Waals surface area contributed by atoms with Crippen molar-refractivity contribution in [1.82, 2.24) is 10.0 Å². The number of hydroxylamine groups is 2. The van der Waals surface area contributed by atoms with Crippen LogP contribution < -0.4 is 0 Å². The third kappa shape index (κ3) is 1.68. The van der Waals surface area contributed by atoms with Gasteiger partial charge in [-0.15, -0.1) is 0 Å². The number of nitrogens with zero attached hydrogens (tertiary/aromatic N) is 1. The molecule has 1 atom stereocenters. The first-order valence-electron chi connectivity index (χ1n) is 6.94. The van der Waals surface area contributed by atoms with E-state index >= 15 is 0 Å². The first-order chi connectivity index (χ1) is 9.84. The summed E-state index contributed by atoms with van der Waals surface area (Å²) >= 11 is 0. The Hall–Kier alpha value is -2.10. The minimum atomic E-state index is -0.104. The number of fused-ring (bicyclic) bond motifs is 3. The predicted octanol–water partition coefficient (Wildman–Crippen LogP) is 3.50. The summed E-state index contributed by atoms with van der Waals surface area (Å²) in [6.07, 6.45) is 0.874. The normalized spacial score (nSPS) is 19.1. The minimum absolute atomic E-state index is 0.104. The molecule has 0 saturated carbocycles. The number of hydrogen-bond donors (Lipinski definition) is 2. The monoisotopic (exact) mass is 264 g/mol. The van der Waals surface area contributed by atoms with Crippen LogP contribution in [0.1, 0.15) is 22.9 Å². The van der Waals surface area contributed by atoms with Gasteiger partial charge in [-0.3, -0.25) is 0 Å². The molecule has 0 bridgehead atoms. The highest BCUT2D eigenvalue weighted by atomic mass is 16.5. The smallest absolute Gasteiger partial charge is 0.100 e. The van der Waals surface area contributed by atoms with Crippen LogP contribution >= 0.6 is 0 Å². The number of nitrogens with one attached hydrogen (secondary N) is 1. The number of para-hydroxylation sites is 1. The Labute approximate surface area is 117 Å². The Morgan fingerprint density at radius 2 is 1.75 bits per heavy atom. The van der Waals surface area contributed by atoms with Gasteiger partial charge in [-0.05, 0) is 23.6 Å². The van der Waals surface area contributed by atoms with Gasteiger partial charge in [0.25, 0.3) is 0 Å². The highest BCUT2D eigenvalue weighted by molar-refractivity contribution is 5.85. The molecule has 0 spiro atoms. The molecule has 2 heterocycles. The second kappa shape index (κ2) is 4.47. The van der Waals surface area contributed by atoms with Gasteiger partial charge in [0.15, 0.2) is 0 Å². The summed E-state index contributed by atoms with van der Waals surface area (Å²) in [5.74, 6) is 0. The standard InChI is InChI=1S/C17H16N2O/c20-19-11-10-14-13-8-4-5-9-15(13)18-16(14)17(19)12-6-2-1-3-7-12/h1-9,17-18,20H,10-11H2. The van der Waals surface area contributed by atoms with E-state index in [-0.39, 0.29) is 6.04 Å². The van der Waals surface area contributed by atoms with Crippen LogP contribution in [0.2, 0.25) is 0 Å². The maximum absolute atomic E-state index is 10.3. The maximum atomic E-state index is 10.3. The summed E-state index contributed by atoms with van der Waals surface area (Å²) in [7, 11) is 0. The molecule has 0 fully saturated rings. The molecule has 4 rings (SSSR count). The first kappa shape index (κ1) is 11.7. The topological polar surface area (TPSA) is 39.3 Å². The number of aromatic nitrogens is 1. The van der Waals surface area contributed by atoms with Crippen LogP contribution in [0.15, 0.2) is 54.6 Å². The Morgan fingerprint density at radius 1 is 1.00 bits per heavy atom. The third-order valence-electron chi connectivity index (χ3n) is 4.12. The lowest BCUT2D eigenvalue weighted by Gasteiger charge is -2.31. The van der Waals surface area contributed by atoms with Crippen LogP contribution in [0.4, 0.5) is 0 Å². The van der Waals surface area contributed by atoms with Crippen LogP contribution in [0.3, 0.4) is 0 Å². The van der Waals surface area contributed by atoms with E-state index in [9.17, 15) is 5.21 Å². The van der Waals surface area contributed by atoms with Gasteiger partial charge in [-0.25, -0.2) is 0 Å². The van der Waals surface area contributed by atoms with E-state index in [4.69, 9.17) is 0 Å². The van der Waals surface area contributed by atoms with Gasteiger partial charge in [0, 0.05) is 23.1 Å². The number of hydrogen-bond acceptors (Lipinski definition) is 2. The average molecular weight is 264 g/mol. The number of aromatic amines is 1. The van der Waals surface area contributed by atoms with Gasteiger partial charge in [-0.1, -0.05) is 48.5 Å². The summed E-state index contributed by atoms with van der Waals surface area (Å²) in [6.45, 7) is 0.661. The molecule has 1 aliphatic rings. The molecular formula is C17H16N2O. The highest BCUT2D eigenvalue weighted by Gasteiger charge is 2.30. The van der Waals surface area contributed by atoms with Crippen molar-refractivity contribution in [2.45, 2.75) is 12.5 Å². The fourth-order valence-electron chi connectivity index (χ4n) is 3.20. The van der Waals surface area contributed by atoms with Gasteiger partial charge < -0.3 is 10.2 Å². The molecule has 20 heavy (non-hydrogen) atoms. The zero-order chi connectivity index (χ0) is 13.5.